The molecule has 21 heavy (non-hydrogen) atoms. The van der Waals surface area contributed by atoms with Crippen LogP contribution in [0.15, 0.2) is 18.2 Å². The summed E-state index contributed by atoms with van der Waals surface area (Å²) in [5.74, 6) is -4.01. The summed E-state index contributed by atoms with van der Waals surface area (Å²) in [4.78, 5) is 46.4. The Morgan fingerprint density at radius 2 is 1.86 bits per heavy atom. The van der Waals surface area contributed by atoms with E-state index in [1.807, 2.05) is 0 Å². The molecule has 0 saturated carbocycles. The number of carboxylic acid groups (broad SMARTS) is 1. The molecule has 0 aliphatic carbocycles. The third-order valence-corrected chi connectivity index (χ3v) is 3.27. The number of hydrogen-bond donors (Lipinski definition) is 0. The van der Waals surface area contributed by atoms with Gasteiger partial charge in [0.05, 0.1) is 22.5 Å². The maximum absolute atomic E-state index is 12.3. The SMILES string of the molecule is CC(C)[C@H](C(=O)[O-])N1C(=O)c2cccc([N+](=O)[O-])c2C1=O. The van der Waals surface area contributed by atoms with Gasteiger partial charge < -0.3 is 9.90 Å². The van der Waals surface area contributed by atoms with Crippen LogP contribution in [0.25, 0.3) is 0 Å². The number of nitro benzene ring substituents is 1. The average molecular weight is 291 g/mol. The van der Waals surface area contributed by atoms with Crippen molar-refractivity contribution in [1.29, 1.82) is 0 Å². The number of rotatable bonds is 4. The van der Waals surface area contributed by atoms with Crippen molar-refractivity contribution in [2.45, 2.75) is 19.9 Å². The van der Waals surface area contributed by atoms with Crippen molar-refractivity contribution < 1.29 is 24.4 Å². The van der Waals surface area contributed by atoms with E-state index in [-0.39, 0.29) is 11.1 Å². The lowest BCUT2D eigenvalue weighted by Crippen LogP contribution is -2.53. The van der Waals surface area contributed by atoms with Crippen molar-refractivity contribution >= 4 is 23.5 Å². The molecule has 1 aromatic rings. The zero-order valence-electron chi connectivity index (χ0n) is 11.2. The first-order valence-electron chi connectivity index (χ1n) is 6.13. The quantitative estimate of drug-likeness (QED) is 0.436. The van der Waals surface area contributed by atoms with E-state index in [0.717, 1.165) is 6.07 Å². The van der Waals surface area contributed by atoms with E-state index in [1.54, 1.807) is 0 Å². The number of amides is 2. The number of carbonyl (C=O) groups excluding carboxylic acids is 3. The lowest BCUT2D eigenvalue weighted by atomic mass is 10.0. The van der Waals surface area contributed by atoms with Gasteiger partial charge in [0.15, 0.2) is 0 Å². The van der Waals surface area contributed by atoms with Gasteiger partial charge in [0, 0.05) is 6.07 Å². The van der Waals surface area contributed by atoms with E-state index < -0.39 is 40.4 Å². The van der Waals surface area contributed by atoms with Crippen molar-refractivity contribution in [3.63, 3.8) is 0 Å². The Labute approximate surface area is 119 Å². The van der Waals surface area contributed by atoms with E-state index in [2.05, 4.69) is 0 Å². The van der Waals surface area contributed by atoms with Crippen molar-refractivity contribution in [3.05, 3.63) is 39.4 Å². The van der Waals surface area contributed by atoms with Gasteiger partial charge >= 0.3 is 0 Å². The highest BCUT2D eigenvalue weighted by atomic mass is 16.6. The second-order valence-electron chi connectivity index (χ2n) is 4.95. The molecule has 0 fully saturated rings. The Morgan fingerprint density at radius 3 is 2.33 bits per heavy atom. The molecule has 0 N–H and O–H groups in total. The van der Waals surface area contributed by atoms with Crippen LogP contribution in [0.2, 0.25) is 0 Å². The minimum Gasteiger partial charge on any atom is -0.548 e. The molecular weight excluding hydrogens is 280 g/mol. The molecule has 8 heteroatoms. The zero-order valence-corrected chi connectivity index (χ0v) is 11.2. The molecular formula is C13H11N2O6-. The summed E-state index contributed by atoms with van der Waals surface area (Å²) in [5.41, 5.74) is -1.06. The Bertz CT molecular complexity index is 667. The summed E-state index contributed by atoms with van der Waals surface area (Å²) in [6.07, 6.45) is 0. The van der Waals surface area contributed by atoms with Crippen LogP contribution in [-0.4, -0.2) is 33.6 Å². The molecule has 0 spiro atoms. The first kappa shape index (κ1) is 14.6. The van der Waals surface area contributed by atoms with Gasteiger partial charge in [-0.2, -0.15) is 0 Å². The van der Waals surface area contributed by atoms with Gasteiger partial charge in [0.2, 0.25) is 0 Å². The van der Waals surface area contributed by atoms with Gasteiger partial charge in [-0.25, -0.2) is 0 Å². The first-order valence-corrected chi connectivity index (χ1v) is 6.13. The molecule has 1 aliphatic rings. The highest BCUT2D eigenvalue weighted by molar-refractivity contribution is 6.24. The number of imide groups is 1. The van der Waals surface area contributed by atoms with Crippen LogP contribution in [0, 0.1) is 16.0 Å². The number of benzene rings is 1. The summed E-state index contributed by atoms with van der Waals surface area (Å²) in [7, 11) is 0. The van der Waals surface area contributed by atoms with Gasteiger partial charge in [-0.15, -0.1) is 0 Å². The Hall–Kier alpha value is -2.77. The molecule has 1 aromatic carbocycles. The van der Waals surface area contributed by atoms with Gasteiger partial charge in [-0.05, 0) is 12.0 Å². The molecule has 0 aromatic heterocycles. The molecule has 0 bridgehead atoms. The second kappa shape index (κ2) is 4.97. The number of hydrogen-bond acceptors (Lipinski definition) is 6. The Kier molecular flexibility index (Phi) is 3.46. The monoisotopic (exact) mass is 291 g/mol. The summed E-state index contributed by atoms with van der Waals surface area (Å²) in [6, 6.07) is 2.15. The number of aliphatic carboxylic acids is 1. The standard InChI is InChI=1S/C13H12N2O6/c1-6(2)10(13(18)19)14-11(16)7-4-3-5-8(15(20)21)9(7)12(14)17/h3-6,10H,1-2H3,(H,18,19)/p-1/t10-/m1/s1. The van der Waals surface area contributed by atoms with E-state index in [1.165, 1.54) is 26.0 Å². The van der Waals surface area contributed by atoms with Gasteiger partial charge in [-0.1, -0.05) is 19.9 Å². The predicted octanol–water partition coefficient (Wildman–Crippen LogP) is -0.0347. The van der Waals surface area contributed by atoms with E-state index in [9.17, 15) is 29.6 Å². The normalized spacial score (nSPS) is 15.3. The first-order chi connectivity index (χ1) is 9.77. The Balaban J connectivity index is 2.60. The fourth-order valence-electron chi connectivity index (χ4n) is 2.37. The molecule has 0 radical (unpaired) electrons. The fourth-order valence-corrected chi connectivity index (χ4v) is 2.37. The highest BCUT2D eigenvalue weighted by Gasteiger charge is 2.45. The van der Waals surface area contributed by atoms with Crippen LogP contribution < -0.4 is 5.11 Å². The van der Waals surface area contributed by atoms with Crippen LogP contribution in [0.1, 0.15) is 34.6 Å². The van der Waals surface area contributed by atoms with Gasteiger partial charge in [0.1, 0.15) is 5.56 Å². The summed E-state index contributed by atoms with van der Waals surface area (Å²) >= 11 is 0. The molecule has 110 valence electrons. The molecule has 1 heterocycles. The molecule has 8 nitrogen and oxygen atoms in total. The minimum atomic E-state index is -1.58. The second-order valence-corrected chi connectivity index (χ2v) is 4.95. The number of nitro groups is 1. The smallest absolute Gasteiger partial charge is 0.282 e. The number of carboxylic acids is 1. The third kappa shape index (κ3) is 2.14. The number of fused-ring (bicyclic) bond motifs is 1. The average Bonchev–Trinajstić information content (AvgIpc) is 2.63. The predicted molar refractivity (Wildman–Crippen MR) is 67.2 cm³/mol. The van der Waals surface area contributed by atoms with Crippen molar-refractivity contribution in [2.75, 3.05) is 0 Å². The largest absolute Gasteiger partial charge is 0.548 e. The third-order valence-electron chi connectivity index (χ3n) is 3.27. The summed E-state index contributed by atoms with van der Waals surface area (Å²) in [6.45, 7) is 3.02. The number of nitrogens with zero attached hydrogens (tertiary/aromatic N) is 2. The maximum Gasteiger partial charge on any atom is 0.282 e. The molecule has 1 atom stereocenters. The van der Waals surface area contributed by atoms with Crippen LogP contribution in [0.4, 0.5) is 5.69 Å². The molecule has 0 saturated heterocycles. The number of carbonyl (C=O) groups is 3. The fraction of sp³-hybridized carbons (Fsp3) is 0.308. The van der Waals surface area contributed by atoms with Crippen LogP contribution in [-0.2, 0) is 4.79 Å². The van der Waals surface area contributed by atoms with E-state index in [0.29, 0.717) is 4.90 Å². The van der Waals surface area contributed by atoms with Gasteiger partial charge in [0.25, 0.3) is 17.5 Å². The molecule has 0 unspecified atom stereocenters. The van der Waals surface area contributed by atoms with Crippen molar-refractivity contribution in [3.8, 4) is 0 Å². The van der Waals surface area contributed by atoms with E-state index in [4.69, 9.17) is 0 Å². The highest BCUT2D eigenvalue weighted by Crippen LogP contribution is 2.32. The van der Waals surface area contributed by atoms with Crippen LogP contribution in [0.5, 0.6) is 0 Å². The van der Waals surface area contributed by atoms with E-state index >= 15 is 0 Å². The van der Waals surface area contributed by atoms with Crippen molar-refractivity contribution in [1.82, 2.24) is 4.90 Å². The van der Waals surface area contributed by atoms with Crippen molar-refractivity contribution in [2.24, 2.45) is 5.92 Å². The minimum absolute atomic E-state index is 0.166. The molecule has 2 amide bonds. The molecule has 1 aliphatic heterocycles. The topological polar surface area (TPSA) is 121 Å². The maximum atomic E-state index is 12.3. The van der Waals surface area contributed by atoms with Gasteiger partial charge in [-0.3, -0.25) is 24.6 Å². The summed E-state index contributed by atoms with van der Waals surface area (Å²) < 4.78 is 0. The molecule has 2 rings (SSSR count). The lowest BCUT2D eigenvalue weighted by molar-refractivity contribution is -0.385. The lowest BCUT2D eigenvalue weighted by Gasteiger charge is -2.29. The summed E-state index contributed by atoms with van der Waals surface area (Å²) in [5, 5.41) is 22.1. The van der Waals surface area contributed by atoms with Crippen LogP contribution >= 0.6 is 0 Å². The zero-order chi connectivity index (χ0) is 15.9. The Morgan fingerprint density at radius 1 is 1.24 bits per heavy atom. The van der Waals surface area contributed by atoms with Crippen LogP contribution in [0.3, 0.4) is 0 Å².